The topological polar surface area (TPSA) is 69.1 Å². The van der Waals surface area contributed by atoms with E-state index in [4.69, 9.17) is 5.53 Å². The fourth-order valence-corrected chi connectivity index (χ4v) is 2.84. The highest BCUT2D eigenvalue weighted by molar-refractivity contribution is 7.98. The first kappa shape index (κ1) is 13.8. The van der Waals surface area contributed by atoms with Gasteiger partial charge in [0.05, 0.1) is 5.56 Å². The lowest BCUT2D eigenvalue weighted by Gasteiger charge is -2.30. The molecule has 1 saturated heterocycles. The van der Waals surface area contributed by atoms with E-state index in [0.29, 0.717) is 13.1 Å². The van der Waals surface area contributed by atoms with Crippen LogP contribution >= 0.6 is 11.8 Å². The molecule has 0 radical (unpaired) electrons. The average Bonchev–Trinajstić information content (AvgIpc) is 2.47. The smallest absolute Gasteiger partial charge is 0.254 e. The minimum absolute atomic E-state index is 0.0323. The Kier molecular flexibility index (Phi) is 4.71. The summed E-state index contributed by atoms with van der Waals surface area (Å²) in [6.45, 7) is 1.32. The van der Waals surface area contributed by atoms with E-state index < -0.39 is 0 Å². The second-order valence-electron chi connectivity index (χ2n) is 4.43. The Morgan fingerprint density at radius 1 is 1.42 bits per heavy atom. The van der Waals surface area contributed by atoms with Gasteiger partial charge in [-0.2, -0.15) is 0 Å². The van der Waals surface area contributed by atoms with Gasteiger partial charge >= 0.3 is 0 Å². The molecule has 6 heteroatoms. The number of hydrogen-bond donors (Lipinski definition) is 0. The van der Waals surface area contributed by atoms with Gasteiger partial charge in [-0.3, -0.25) is 4.79 Å². The Balaban J connectivity index is 2.07. The van der Waals surface area contributed by atoms with E-state index in [-0.39, 0.29) is 11.9 Å². The van der Waals surface area contributed by atoms with E-state index in [2.05, 4.69) is 10.0 Å². The molecular weight excluding hydrogens is 260 g/mol. The lowest BCUT2D eigenvalue weighted by molar-refractivity contribution is 0.0711. The van der Waals surface area contributed by atoms with E-state index >= 15 is 0 Å². The summed E-state index contributed by atoms with van der Waals surface area (Å²) in [5, 5.41) is 3.72. The van der Waals surface area contributed by atoms with Crippen LogP contribution in [0, 0.1) is 0 Å². The monoisotopic (exact) mass is 276 g/mol. The van der Waals surface area contributed by atoms with Crippen LogP contribution in [0.2, 0.25) is 0 Å². The second-order valence-corrected chi connectivity index (χ2v) is 5.28. The van der Waals surface area contributed by atoms with Gasteiger partial charge in [0.2, 0.25) is 0 Å². The predicted molar refractivity (Wildman–Crippen MR) is 76.3 cm³/mol. The molecule has 2 rings (SSSR count). The third kappa shape index (κ3) is 3.22. The van der Waals surface area contributed by atoms with E-state index in [0.717, 1.165) is 23.3 Å². The molecular formula is C13H16N4OS. The molecule has 1 aliphatic heterocycles. The van der Waals surface area contributed by atoms with Crippen molar-refractivity contribution in [3.63, 3.8) is 0 Å². The molecule has 1 aliphatic rings. The van der Waals surface area contributed by atoms with Gasteiger partial charge in [-0.15, -0.1) is 11.8 Å². The van der Waals surface area contributed by atoms with Crippen molar-refractivity contribution in [2.24, 2.45) is 5.11 Å². The minimum atomic E-state index is 0.0323. The van der Waals surface area contributed by atoms with Crippen molar-refractivity contribution in [1.82, 2.24) is 4.90 Å². The molecule has 100 valence electrons. The van der Waals surface area contributed by atoms with E-state index in [1.807, 2.05) is 35.4 Å². The SMILES string of the molecule is CSc1ccccc1C(=O)N1CCC(N=[N+]=[N-])CC1. The van der Waals surface area contributed by atoms with Gasteiger partial charge in [0.15, 0.2) is 0 Å². The average molecular weight is 276 g/mol. The van der Waals surface area contributed by atoms with Gasteiger partial charge in [-0.25, -0.2) is 0 Å². The zero-order valence-corrected chi connectivity index (χ0v) is 11.6. The van der Waals surface area contributed by atoms with Crippen LogP contribution in [0.3, 0.4) is 0 Å². The number of azide groups is 1. The van der Waals surface area contributed by atoms with Gasteiger partial charge in [0.1, 0.15) is 0 Å². The summed E-state index contributed by atoms with van der Waals surface area (Å²) < 4.78 is 0. The van der Waals surface area contributed by atoms with Crippen molar-refractivity contribution in [2.45, 2.75) is 23.8 Å². The Bertz CT molecular complexity index is 505. The van der Waals surface area contributed by atoms with Crippen LogP contribution in [0.4, 0.5) is 0 Å². The molecule has 0 saturated carbocycles. The first-order chi connectivity index (χ1) is 9.26. The second kappa shape index (κ2) is 6.50. The molecule has 0 atom stereocenters. The molecule has 1 fully saturated rings. The molecule has 0 bridgehead atoms. The lowest BCUT2D eigenvalue weighted by atomic mass is 10.0. The van der Waals surface area contributed by atoms with E-state index in [1.165, 1.54) is 0 Å². The molecule has 1 heterocycles. The van der Waals surface area contributed by atoms with Crippen molar-refractivity contribution in [1.29, 1.82) is 0 Å². The number of carbonyl (C=O) groups is 1. The summed E-state index contributed by atoms with van der Waals surface area (Å²) in [6, 6.07) is 7.69. The standard InChI is InChI=1S/C13H16N4OS/c1-19-12-5-3-2-4-11(12)13(18)17-8-6-10(7-9-17)15-16-14/h2-5,10H,6-9H2,1H3. The van der Waals surface area contributed by atoms with Gasteiger partial charge in [-0.1, -0.05) is 17.2 Å². The summed E-state index contributed by atoms with van der Waals surface area (Å²) in [4.78, 5) is 18.1. The van der Waals surface area contributed by atoms with Crippen LogP contribution in [-0.4, -0.2) is 36.2 Å². The summed E-state index contributed by atoms with van der Waals surface area (Å²) >= 11 is 1.58. The summed E-state index contributed by atoms with van der Waals surface area (Å²) in [7, 11) is 0. The summed E-state index contributed by atoms with van der Waals surface area (Å²) in [5.41, 5.74) is 9.18. The first-order valence-electron chi connectivity index (χ1n) is 6.22. The molecule has 19 heavy (non-hydrogen) atoms. The van der Waals surface area contributed by atoms with Crippen molar-refractivity contribution in [3.8, 4) is 0 Å². The summed E-state index contributed by atoms with van der Waals surface area (Å²) in [6.07, 6.45) is 3.47. The van der Waals surface area contributed by atoms with Crippen molar-refractivity contribution in [2.75, 3.05) is 19.3 Å². The van der Waals surface area contributed by atoms with Crippen molar-refractivity contribution >= 4 is 17.7 Å². The third-order valence-corrected chi connectivity index (χ3v) is 4.10. The number of thioether (sulfide) groups is 1. The van der Waals surface area contributed by atoms with Gasteiger partial charge in [-0.05, 0) is 36.8 Å². The van der Waals surface area contributed by atoms with E-state index in [9.17, 15) is 4.79 Å². The van der Waals surface area contributed by atoms with Gasteiger partial charge in [0, 0.05) is 28.9 Å². The highest BCUT2D eigenvalue weighted by atomic mass is 32.2. The molecule has 0 unspecified atom stereocenters. The number of benzene rings is 1. The zero-order valence-electron chi connectivity index (χ0n) is 10.8. The molecule has 1 aromatic rings. The minimum Gasteiger partial charge on any atom is -0.339 e. The van der Waals surface area contributed by atoms with Gasteiger partial charge < -0.3 is 4.90 Å². The van der Waals surface area contributed by atoms with Crippen LogP contribution in [0.5, 0.6) is 0 Å². The number of likely N-dealkylation sites (tertiary alicyclic amines) is 1. The molecule has 5 nitrogen and oxygen atoms in total. The van der Waals surface area contributed by atoms with Crippen molar-refractivity contribution < 1.29 is 4.79 Å². The van der Waals surface area contributed by atoms with Crippen LogP contribution in [0.25, 0.3) is 10.4 Å². The maximum absolute atomic E-state index is 12.5. The Morgan fingerprint density at radius 3 is 2.74 bits per heavy atom. The fraction of sp³-hybridized carbons (Fsp3) is 0.462. The number of hydrogen-bond acceptors (Lipinski definition) is 3. The molecule has 0 spiro atoms. The third-order valence-electron chi connectivity index (χ3n) is 3.30. The number of nitrogens with zero attached hydrogens (tertiary/aromatic N) is 4. The zero-order chi connectivity index (χ0) is 13.7. The number of carbonyl (C=O) groups excluding carboxylic acids is 1. The lowest BCUT2D eigenvalue weighted by Crippen LogP contribution is -2.39. The van der Waals surface area contributed by atoms with Crippen molar-refractivity contribution in [3.05, 3.63) is 40.3 Å². The highest BCUT2D eigenvalue weighted by Gasteiger charge is 2.24. The molecule has 0 aromatic heterocycles. The largest absolute Gasteiger partial charge is 0.339 e. The molecule has 0 aliphatic carbocycles. The highest BCUT2D eigenvalue weighted by Crippen LogP contribution is 2.23. The number of piperidine rings is 1. The number of rotatable bonds is 3. The first-order valence-corrected chi connectivity index (χ1v) is 7.45. The van der Waals surface area contributed by atoms with E-state index in [1.54, 1.807) is 11.8 Å². The molecule has 1 aromatic carbocycles. The Hall–Kier alpha value is -1.65. The molecule has 0 N–H and O–H groups in total. The Labute approximate surface area is 116 Å². The Morgan fingerprint density at radius 2 is 2.11 bits per heavy atom. The molecule has 1 amide bonds. The van der Waals surface area contributed by atoms with Crippen LogP contribution in [-0.2, 0) is 0 Å². The summed E-state index contributed by atoms with van der Waals surface area (Å²) in [5.74, 6) is 0.0735. The van der Waals surface area contributed by atoms with Crippen LogP contribution < -0.4 is 0 Å². The normalized spacial score (nSPS) is 15.9. The van der Waals surface area contributed by atoms with Crippen LogP contribution in [0.15, 0.2) is 34.3 Å². The maximum atomic E-state index is 12.5. The quantitative estimate of drug-likeness (QED) is 0.368. The fourth-order valence-electron chi connectivity index (χ4n) is 2.25. The maximum Gasteiger partial charge on any atom is 0.254 e. The predicted octanol–water partition coefficient (Wildman–Crippen LogP) is 3.32. The number of amides is 1. The van der Waals surface area contributed by atoms with Crippen LogP contribution in [0.1, 0.15) is 23.2 Å². The van der Waals surface area contributed by atoms with Gasteiger partial charge in [0.25, 0.3) is 5.91 Å².